The van der Waals surface area contributed by atoms with Gasteiger partial charge in [-0.15, -0.1) is 0 Å². The smallest absolute Gasteiger partial charge is 0.335 e. The molecule has 1 heterocycles. The molecule has 2 rings (SSSR count). The first-order valence-electron chi connectivity index (χ1n) is 5.47. The quantitative estimate of drug-likeness (QED) is 0.877. The van der Waals surface area contributed by atoms with Crippen molar-refractivity contribution in [2.75, 3.05) is 0 Å². The SMILES string of the molecule is Cc1cc(C#N)c(C)n1-c1cccc(C(=O)O)c1. The van der Waals surface area contributed by atoms with Crippen LogP contribution in [0.25, 0.3) is 5.69 Å². The van der Waals surface area contributed by atoms with Crippen molar-refractivity contribution < 1.29 is 9.90 Å². The molecular formula is C14H12N2O2. The minimum atomic E-state index is -0.959. The number of nitrogens with zero attached hydrogens (tertiary/aromatic N) is 2. The Hall–Kier alpha value is -2.54. The number of aromatic carboxylic acids is 1. The van der Waals surface area contributed by atoms with Gasteiger partial charge in [-0.3, -0.25) is 0 Å². The van der Waals surface area contributed by atoms with Crippen LogP contribution in [-0.2, 0) is 0 Å². The number of nitriles is 1. The fourth-order valence-electron chi connectivity index (χ4n) is 2.05. The molecule has 1 N–H and O–H groups in total. The van der Waals surface area contributed by atoms with Gasteiger partial charge in [0.15, 0.2) is 0 Å². The van der Waals surface area contributed by atoms with Gasteiger partial charge in [-0.1, -0.05) is 6.07 Å². The second kappa shape index (κ2) is 4.38. The largest absolute Gasteiger partial charge is 0.478 e. The van der Waals surface area contributed by atoms with Crippen LogP contribution in [0.5, 0.6) is 0 Å². The second-order valence-corrected chi connectivity index (χ2v) is 4.09. The molecule has 0 saturated heterocycles. The van der Waals surface area contributed by atoms with E-state index in [0.29, 0.717) is 5.56 Å². The predicted molar refractivity (Wildman–Crippen MR) is 66.9 cm³/mol. The number of hydrogen-bond acceptors (Lipinski definition) is 2. The van der Waals surface area contributed by atoms with Gasteiger partial charge in [0.25, 0.3) is 0 Å². The topological polar surface area (TPSA) is 66.0 Å². The van der Waals surface area contributed by atoms with Crippen LogP contribution < -0.4 is 0 Å². The van der Waals surface area contributed by atoms with E-state index in [-0.39, 0.29) is 5.56 Å². The summed E-state index contributed by atoms with van der Waals surface area (Å²) in [6, 6.07) is 10.6. The Morgan fingerprint density at radius 2 is 2.06 bits per heavy atom. The molecule has 0 radical (unpaired) electrons. The highest BCUT2D eigenvalue weighted by Crippen LogP contribution is 2.20. The normalized spacial score (nSPS) is 10.1. The number of aryl methyl sites for hydroxylation is 1. The number of benzene rings is 1. The van der Waals surface area contributed by atoms with Gasteiger partial charge < -0.3 is 9.67 Å². The van der Waals surface area contributed by atoms with Gasteiger partial charge in [0.05, 0.1) is 11.1 Å². The summed E-state index contributed by atoms with van der Waals surface area (Å²) in [6.45, 7) is 3.74. The summed E-state index contributed by atoms with van der Waals surface area (Å²) in [5, 5.41) is 18.0. The summed E-state index contributed by atoms with van der Waals surface area (Å²) in [7, 11) is 0. The molecule has 0 aliphatic carbocycles. The molecule has 2 aromatic rings. The van der Waals surface area contributed by atoms with Crippen molar-refractivity contribution in [3.8, 4) is 11.8 Å². The molecule has 1 aromatic carbocycles. The van der Waals surface area contributed by atoms with E-state index in [9.17, 15) is 4.79 Å². The minimum absolute atomic E-state index is 0.235. The zero-order chi connectivity index (χ0) is 13.3. The Kier molecular flexibility index (Phi) is 2.90. The maximum absolute atomic E-state index is 11.0. The highest BCUT2D eigenvalue weighted by Gasteiger charge is 2.11. The Morgan fingerprint density at radius 3 is 2.61 bits per heavy atom. The molecule has 0 spiro atoms. The van der Waals surface area contributed by atoms with E-state index in [1.54, 1.807) is 24.3 Å². The van der Waals surface area contributed by atoms with Crippen LogP contribution in [-0.4, -0.2) is 15.6 Å². The van der Waals surface area contributed by atoms with Crippen LogP contribution >= 0.6 is 0 Å². The monoisotopic (exact) mass is 240 g/mol. The fourth-order valence-corrected chi connectivity index (χ4v) is 2.05. The molecule has 4 heteroatoms. The Morgan fingerprint density at radius 1 is 1.33 bits per heavy atom. The fraction of sp³-hybridized carbons (Fsp3) is 0.143. The van der Waals surface area contributed by atoms with Crippen LogP contribution in [0.1, 0.15) is 27.3 Å². The van der Waals surface area contributed by atoms with Crippen LogP contribution in [0.15, 0.2) is 30.3 Å². The standard InChI is InChI=1S/C14H12N2O2/c1-9-6-12(8-15)10(2)16(9)13-5-3-4-11(7-13)14(17)18/h3-7H,1-2H3,(H,17,18). The van der Waals surface area contributed by atoms with Crippen LogP contribution in [0.3, 0.4) is 0 Å². The third-order valence-corrected chi connectivity index (χ3v) is 2.90. The number of carbonyl (C=O) groups is 1. The maximum atomic E-state index is 11.0. The van der Waals surface area contributed by atoms with E-state index >= 15 is 0 Å². The lowest BCUT2D eigenvalue weighted by atomic mass is 10.2. The molecule has 0 saturated carbocycles. The number of aromatic nitrogens is 1. The van der Waals surface area contributed by atoms with Gasteiger partial charge in [-0.25, -0.2) is 4.79 Å². The van der Waals surface area contributed by atoms with Crippen molar-refractivity contribution in [3.63, 3.8) is 0 Å². The summed E-state index contributed by atoms with van der Waals surface area (Å²) in [4.78, 5) is 11.0. The molecule has 18 heavy (non-hydrogen) atoms. The minimum Gasteiger partial charge on any atom is -0.478 e. The number of hydrogen-bond donors (Lipinski definition) is 1. The average Bonchev–Trinajstić information content (AvgIpc) is 2.64. The van der Waals surface area contributed by atoms with Crippen molar-refractivity contribution in [2.45, 2.75) is 13.8 Å². The highest BCUT2D eigenvalue weighted by atomic mass is 16.4. The molecular weight excluding hydrogens is 228 g/mol. The molecule has 0 aliphatic rings. The summed E-state index contributed by atoms with van der Waals surface area (Å²) in [5.74, 6) is -0.959. The molecule has 0 bridgehead atoms. The maximum Gasteiger partial charge on any atom is 0.335 e. The van der Waals surface area contributed by atoms with E-state index < -0.39 is 5.97 Å². The van der Waals surface area contributed by atoms with E-state index in [1.807, 2.05) is 24.5 Å². The second-order valence-electron chi connectivity index (χ2n) is 4.09. The van der Waals surface area contributed by atoms with Crippen molar-refractivity contribution in [1.29, 1.82) is 5.26 Å². The summed E-state index contributed by atoms with van der Waals surface area (Å²) < 4.78 is 1.88. The zero-order valence-corrected chi connectivity index (χ0v) is 10.1. The van der Waals surface area contributed by atoms with Crippen molar-refractivity contribution in [2.24, 2.45) is 0 Å². The molecule has 0 fully saturated rings. The average molecular weight is 240 g/mol. The van der Waals surface area contributed by atoms with Gasteiger partial charge in [-0.05, 0) is 38.1 Å². The first-order chi connectivity index (χ1) is 8.54. The summed E-state index contributed by atoms with van der Waals surface area (Å²) in [6.07, 6.45) is 0. The van der Waals surface area contributed by atoms with E-state index in [4.69, 9.17) is 10.4 Å². The van der Waals surface area contributed by atoms with E-state index in [2.05, 4.69) is 6.07 Å². The van der Waals surface area contributed by atoms with Gasteiger partial charge in [0, 0.05) is 17.1 Å². The van der Waals surface area contributed by atoms with Crippen LogP contribution in [0.4, 0.5) is 0 Å². The molecule has 0 amide bonds. The van der Waals surface area contributed by atoms with Crippen molar-refractivity contribution in [3.05, 3.63) is 52.8 Å². The van der Waals surface area contributed by atoms with E-state index in [0.717, 1.165) is 17.1 Å². The number of carboxylic acid groups (broad SMARTS) is 1. The van der Waals surface area contributed by atoms with Crippen LogP contribution in [0, 0.1) is 25.2 Å². The van der Waals surface area contributed by atoms with Crippen molar-refractivity contribution >= 4 is 5.97 Å². The Labute approximate surface area is 105 Å². The van der Waals surface area contributed by atoms with E-state index in [1.165, 1.54) is 0 Å². The predicted octanol–water partition coefficient (Wildman–Crippen LogP) is 2.66. The molecule has 90 valence electrons. The lowest BCUT2D eigenvalue weighted by molar-refractivity contribution is 0.0697. The Balaban J connectivity index is 2.63. The van der Waals surface area contributed by atoms with Crippen LogP contribution in [0.2, 0.25) is 0 Å². The number of carboxylic acids is 1. The highest BCUT2D eigenvalue weighted by molar-refractivity contribution is 5.88. The first kappa shape index (κ1) is 11.9. The van der Waals surface area contributed by atoms with Gasteiger partial charge >= 0.3 is 5.97 Å². The van der Waals surface area contributed by atoms with Crippen molar-refractivity contribution in [1.82, 2.24) is 4.57 Å². The first-order valence-corrected chi connectivity index (χ1v) is 5.47. The third kappa shape index (κ3) is 1.87. The van der Waals surface area contributed by atoms with Gasteiger partial charge in [0.2, 0.25) is 0 Å². The Bertz CT molecular complexity index is 663. The molecule has 0 aliphatic heterocycles. The zero-order valence-electron chi connectivity index (χ0n) is 10.1. The molecule has 1 aromatic heterocycles. The summed E-state index contributed by atoms with van der Waals surface area (Å²) in [5.41, 5.74) is 3.32. The summed E-state index contributed by atoms with van der Waals surface area (Å²) >= 11 is 0. The third-order valence-electron chi connectivity index (χ3n) is 2.90. The molecule has 4 nitrogen and oxygen atoms in total. The number of rotatable bonds is 2. The van der Waals surface area contributed by atoms with Gasteiger partial charge in [0.1, 0.15) is 6.07 Å². The lowest BCUT2D eigenvalue weighted by Gasteiger charge is -2.09. The lowest BCUT2D eigenvalue weighted by Crippen LogP contribution is -2.02. The molecule has 0 atom stereocenters. The van der Waals surface area contributed by atoms with Gasteiger partial charge in [-0.2, -0.15) is 5.26 Å². The molecule has 0 unspecified atom stereocenters.